The van der Waals surface area contributed by atoms with Crippen molar-refractivity contribution in [2.75, 3.05) is 6.54 Å². The van der Waals surface area contributed by atoms with Gasteiger partial charge in [0.25, 0.3) is 5.91 Å². The van der Waals surface area contributed by atoms with Crippen LogP contribution in [0, 0.1) is 24.1 Å². The minimum Gasteiger partial charge on any atom is -0.351 e. The van der Waals surface area contributed by atoms with E-state index < -0.39 is 35.2 Å². The molecule has 0 aromatic heterocycles. The highest BCUT2D eigenvalue weighted by molar-refractivity contribution is 5.94. The molecule has 10 heteroatoms. The van der Waals surface area contributed by atoms with E-state index in [1.807, 2.05) is 6.79 Å². The Morgan fingerprint density at radius 1 is 1.00 bits per heavy atom. The number of alkyl halides is 6. The number of aryl methyl sites for hydroxylation is 1. The van der Waals surface area contributed by atoms with Crippen molar-refractivity contribution >= 4 is 12.7 Å². The highest BCUT2D eigenvalue weighted by Crippen LogP contribution is 2.40. The lowest BCUT2D eigenvalue weighted by Gasteiger charge is -2.37. The van der Waals surface area contributed by atoms with E-state index in [1.54, 1.807) is 13.0 Å². The van der Waals surface area contributed by atoms with Gasteiger partial charge in [-0.05, 0) is 68.2 Å². The van der Waals surface area contributed by atoms with Crippen molar-refractivity contribution in [3.05, 3.63) is 70.5 Å². The van der Waals surface area contributed by atoms with E-state index in [4.69, 9.17) is 4.79 Å². The molecule has 3 nitrogen and oxygen atoms in total. The molecule has 2 aromatic rings. The highest BCUT2D eigenvalue weighted by Gasteiger charge is 2.35. The average Bonchev–Trinajstić information content (AvgIpc) is 2.85. The number of nitrogens with one attached hydrogen (secondary N) is 1. The third-order valence-electron chi connectivity index (χ3n) is 6.56. The molecule has 3 rings (SSSR count). The second-order valence-electron chi connectivity index (χ2n) is 9.79. The second kappa shape index (κ2) is 14.3. The summed E-state index contributed by atoms with van der Waals surface area (Å²) in [5, 5.41) is 2.73. The molecule has 212 valence electrons. The molecule has 1 aliphatic carbocycles. The van der Waals surface area contributed by atoms with Crippen LogP contribution >= 0.6 is 0 Å². The number of carbonyl (C=O) groups is 2. The first kappa shape index (κ1) is 33.1. The second-order valence-corrected chi connectivity index (χ2v) is 9.79. The molecule has 0 aliphatic heterocycles. The number of rotatable bonds is 5. The molecule has 1 N–H and O–H groups in total. The standard InChI is InChI=1S/C19H25F4NO.C8H7F3.CH2O/c1-3-4-13-7-9-18(2,10-8-13)12-24-17(25)14-5-6-16(20)15(11-14)19(21,22)23;1-6-3-2-4-7(5-6)8(9,10)11;1-2/h5-6,11,13H,3-4,7-10,12H2,1-2H3,(H,24,25);2-5H,1H3;1H2. The van der Waals surface area contributed by atoms with Crippen LogP contribution in [0.4, 0.5) is 30.7 Å². The van der Waals surface area contributed by atoms with Gasteiger partial charge in [-0.1, -0.05) is 50.5 Å². The Balaban J connectivity index is 0.000000463. The van der Waals surface area contributed by atoms with Crippen molar-refractivity contribution in [3.8, 4) is 0 Å². The number of hydrogen-bond acceptors (Lipinski definition) is 2. The lowest BCUT2D eigenvalue weighted by atomic mass is 9.70. The summed E-state index contributed by atoms with van der Waals surface area (Å²) < 4.78 is 87.5. The summed E-state index contributed by atoms with van der Waals surface area (Å²) in [6.07, 6.45) is -2.41. The van der Waals surface area contributed by atoms with Crippen molar-refractivity contribution in [1.29, 1.82) is 0 Å². The predicted octanol–water partition coefficient (Wildman–Crippen LogP) is 8.40. The third kappa shape index (κ3) is 10.5. The Morgan fingerprint density at radius 2 is 1.61 bits per heavy atom. The van der Waals surface area contributed by atoms with Crippen LogP contribution in [0.1, 0.15) is 79.4 Å². The monoisotopic (exact) mass is 549 g/mol. The molecule has 1 saturated carbocycles. The maximum atomic E-state index is 13.3. The topological polar surface area (TPSA) is 46.2 Å². The van der Waals surface area contributed by atoms with Crippen LogP contribution in [-0.2, 0) is 17.1 Å². The third-order valence-corrected chi connectivity index (χ3v) is 6.56. The Bertz CT molecular complexity index is 1030. The van der Waals surface area contributed by atoms with Gasteiger partial charge < -0.3 is 10.1 Å². The van der Waals surface area contributed by atoms with Gasteiger partial charge in [0, 0.05) is 12.1 Å². The zero-order chi connectivity index (χ0) is 29.1. The van der Waals surface area contributed by atoms with Gasteiger partial charge in [0.15, 0.2) is 0 Å². The molecule has 0 saturated heterocycles. The summed E-state index contributed by atoms with van der Waals surface area (Å²) in [6, 6.07) is 7.57. The molecule has 0 atom stereocenters. The fourth-order valence-electron chi connectivity index (χ4n) is 4.35. The minimum atomic E-state index is -4.82. The Labute approximate surface area is 218 Å². The quantitative estimate of drug-likeness (QED) is 0.381. The maximum absolute atomic E-state index is 13.3. The molecular weight excluding hydrogens is 515 g/mol. The Hall–Kier alpha value is -2.91. The van der Waals surface area contributed by atoms with Gasteiger partial charge in [-0.3, -0.25) is 4.79 Å². The maximum Gasteiger partial charge on any atom is 0.419 e. The number of benzene rings is 2. The number of amides is 1. The summed E-state index contributed by atoms with van der Waals surface area (Å²) in [5.41, 5.74) is -1.58. The molecular formula is C28H34F7NO2. The summed E-state index contributed by atoms with van der Waals surface area (Å²) >= 11 is 0. The van der Waals surface area contributed by atoms with Crippen molar-refractivity contribution < 1.29 is 40.3 Å². The van der Waals surface area contributed by atoms with Gasteiger partial charge in [-0.25, -0.2) is 4.39 Å². The van der Waals surface area contributed by atoms with Crippen LogP contribution in [-0.4, -0.2) is 19.2 Å². The van der Waals surface area contributed by atoms with Gasteiger partial charge in [0.05, 0.1) is 11.1 Å². The summed E-state index contributed by atoms with van der Waals surface area (Å²) in [5.74, 6) is -1.23. The van der Waals surface area contributed by atoms with Crippen LogP contribution in [0.25, 0.3) is 0 Å². The summed E-state index contributed by atoms with van der Waals surface area (Å²) in [4.78, 5) is 20.2. The van der Waals surface area contributed by atoms with E-state index in [9.17, 15) is 35.5 Å². The molecule has 1 amide bonds. The van der Waals surface area contributed by atoms with Crippen LogP contribution in [0.2, 0.25) is 0 Å². The number of hydrogen-bond donors (Lipinski definition) is 1. The highest BCUT2D eigenvalue weighted by atomic mass is 19.4. The summed E-state index contributed by atoms with van der Waals surface area (Å²) in [6.45, 7) is 8.33. The fourth-order valence-corrected chi connectivity index (χ4v) is 4.35. The van der Waals surface area contributed by atoms with Crippen molar-refractivity contribution in [3.63, 3.8) is 0 Å². The average molecular weight is 550 g/mol. The van der Waals surface area contributed by atoms with Gasteiger partial charge in [-0.15, -0.1) is 0 Å². The van der Waals surface area contributed by atoms with Crippen LogP contribution < -0.4 is 5.32 Å². The lowest BCUT2D eigenvalue weighted by molar-refractivity contribution is -0.140. The number of halogens is 7. The molecule has 1 aliphatic rings. The van der Waals surface area contributed by atoms with Crippen LogP contribution in [0.5, 0.6) is 0 Å². The Kier molecular flexibility index (Phi) is 12.5. The lowest BCUT2D eigenvalue weighted by Crippen LogP contribution is -2.38. The normalized spacial score (nSPS) is 19.4. The summed E-state index contributed by atoms with van der Waals surface area (Å²) in [7, 11) is 0. The van der Waals surface area contributed by atoms with E-state index in [2.05, 4.69) is 19.2 Å². The van der Waals surface area contributed by atoms with E-state index in [0.717, 1.165) is 49.8 Å². The molecule has 0 radical (unpaired) electrons. The Morgan fingerprint density at radius 3 is 2.08 bits per heavy atom. The smallest absolute Gasteiger partial charge is 0.351 e. The first-order chi connectivity index (χ1) is 17.6. The molecule has 0 spiro atoms. The van der Waals surface area contributed by atoms with E-state index >= 15 is 0 Å². The zero-order valence-electron chi connectivity index (χ0n) is 21.7. The van der Waals surface area contributed by atoms with Gasteiger partial charge in [0.1, 0.15) is 12.6 Å². The molecule has 0 unspecified atom stereocenters. The minimum absolute atomic E-state index is 0.0349. The molecule has 0 heterocycles. The molecule has 38 heavy (non-hydrogen) atoms. The first-order valence-corrected chi connectivity index (χ1v) is 12.2. The number of carbonyl (C=O) groups excluding carboxylic acids is 2. The largest absolute Gasteiger partial charge is 0.419 e. The molecule has 0 bridgehead atoms. The van der Waals surface area contributed by atoms with E-state index in [1.165, 1.54) is 18.9 Å². The van der Waals surface area contributed by atoms with Gasteiger partial charge in [-0.2, -0.15) is 26.3 Å². The van der Waals surface area contributed by atoms with E-state index in [-0.39, 0.29) is 11.0 Å². The zero-order valence-corrected chi connectivity index (χ0v) is 21.7. The van der Waals surface area contributed by atoms with Crippen LogP contribution in [0.3, 0.4) is 0 Å². The molecule has 1 fully saturated rings. The predicted molar refractivity (Wildman–Crippen MR) is 132 cm³/mol. The van der Waals surface area contributed by atoms with Gasteiger partial charge in [0.2, 0.25) is 0 Å². The van der Waals surface area contributed by atoms with Crippen molar-refractivity contribution in [1.82, 2.24) is 5.32 Å². The van der Waals surface area contributed by atoms with E-state index in [0.29, 0.717) is 24.2 Å². The molecule has 2 aromatic carbocycles. The fraction of sp³-hybridized carbons (Fsp3) is 0.500. The van der Waals surface area contributed by atoms with Crippen molar-refractivity contribution in [2.24, 2.45) is 11.3 Å². The van der Waals surface area contributed by atoms with Crippen molar-refractivity contribution in [2.45, 2.75) is 71.6 Å². The van der Waals surface area contributed by atoms with Crippen LogP contribution in [0.15, 0.2) is 42.5 Å². The first-order valence-electron chi connectivity index (χ1n) is 12.2. The SMILES string of the molecule is C=O.CCCC1CCC(C)(CNC(=O)c2ccc(F)c(C(F)(F)F)c2)CC1.Cc1cccc(C(F)(F)F)c1. The van der Waals surface area contributed by atoms with Gasteiger partial charge >= 0.3 is 12.4 Å².